The lowest BCUT2D eigenvalue weighted by molar-refractivity contribution is -0.160. The molecule has 1 heterocycles. The van der Waals surface area contributed by atoms with Crippen LogP contribution in [-0.4, -0.2) is 41.8 Å². The number of oxime groups is 1. The number of hydrogen-bond donors (Lipinski definition) is 2. The molecule has 7 heteroatoms. The third-order valence-corrected chi connectivity index (χ3v) is 4.35. The van der Waals surface area contributed by atoms with Crippen LogP contribution in [0, 0.1) is 17.3 Å². The summed E-state index contributed by atoms with van der Waals surface area (Å²) in [5, 5.41) is 11.1. The fraction of sp³-hybridized carbons (Fsp3) is 0.929. The number of halogens is 3. The normalized spacial score (nSPS) is 24.7. The van der Waals surface area contributed by atoms with Crippen molar-refractivity contribution in [3.05, 3.63) is 0 Å². The summed E-state index contributed by atoms with van der Waals surface area (Å²) in [5.41, 5.74) is 5.38. The third-order valence-electron chi connectivity index (χ3n) is 4.35. The van der Waals surface area contributed by atoms with Gasteiger partial charge in [-0.15, -0.1) is 0 Å². The molecular weight excluding hydrogens is 283 g/mol. The number of hydrogen-bond acceptors (Lipinski definition) is 3. The zero-order chi connectivity index (χ0) is 16.3. The zero-order valence-electron chi connectivity index (χ0n) is 13.0. The van der Waals surface area contributed by atoms with Crippen molar-refractivity contribution in [3.63, 3.8) is 0 Å². The summed E-state index contributed by atoms with van der Waals surface area (Å²) in [6, 6.07) is 0. The van der Waals surface area contributed by atoms with Gasteiger partial charge in [0.15, 0.2) is 5.84 Å². The summed E-state index contributed by atoms with van der Waals surface area (Å²) in [6.07, 6.45) is -1.71. The molecule has 1 rings (SSSR count). The fourth-order valence-corrected chi connectivity index (χ4v) is 2.90. The van der Waals surface area contributed by atoms with Crippen molar-refractivity contribution in [1.29, 1.82) is 0 Å². The van der Waals surface area contributed by atoms with Crippen molar-refractivity contribution in [2.75, 3.05) is 19.6 Å². The van der Waals surface area contributed by atoms with E-state index in [0.29, 0.717) is 19.0 Å². The number of nitrogens with two attached hydrogens (primary N) is 1. The first kappa shape index (κ1) is 18.1. The summed E-state index contributed by atoms with van der Waals surface area (Å²) in [5.74, 6) is -2.16. The third kappa shape index (κ3) is 5.37. The molecule has 2 atom stereocenters. The molecule has 2 unspecified atom stereocenters. The van der Waals surface area contributed by atoms with Crippen molar-refractivity contribution in [3.8, 4) is 0 Å². The molecule has 4 nitrogen and oxygen atoms in total. The Morgan fingerprint density at radius 1 is 1.29 bits per heavy atom. The van der Waals surface area contributed by atoms with Gasteiger partial charge >= 0.3 is 6.18 Å². The van der Waals surface area contributed by atoms with Crippen LogP contribution < -0.4 is 5.73 Å². The van der Waals surface area contributed by atoms with Crippen LogP contribution in [0.25, 0.3) is 0 Å². The monoisotopic (exact) mass is 309 g/mol. The van der Waals surface area contributed by atoms with E-state index in [9.17, 15) is 13.2 Å². The minimum Gasteiger partial charge on any atom is -0.409 e. The second-order valence-electron chi connectivity index (χ2n) is 6.91. The van der Waals surface area contributed by atoms with E-state index < -0.39 is 17.9 Å². The molecule has 0 spiro atoms. The highest BCUT2D eigenvalue weighted by Gasteiger charge is 2.44. The number of rotatable bonds is 3. The van der Waals surface area contributed by atoms with Crippen LogP contribution in [0.3, 0.4) is 0 Å². The molecule has 1 fully saturated rings. The maximum Gasteiger partial charge on any atom is 0.400 e. The number of alkyl halides is 3. The molecule has 0 saturated carbocycles. The molecule has 0 aromatic carbocycles. The van der Waals surface area contributed by atoms with E-state index in [0.717, 1.165) is 19.3 Å². The maximum absolute atomic E-state index is 13.0. The van der Waals surface area contributed by atoms with Crippen LogP contribution in [0.5, 0.6) is 0 Å². The van der Waals surface area contributed by atoms with Crippen LogP contribution >= 0.6 is 0 Å². The largest absolute Gasteiger partial charge is 0.409 e. The SMILES string of the molecule is CC(C)(C)C1CCCN(CC(C(N)=NO)C(F)(F)F)CC1. The lowest BCUT2D eigenvalue weighted by Gasteiger charge is -2.30. The summed E-state index contributed by atoms with van der Waals surface area (Å²) in [4.78, 5) is 1.78. The molecule has 21 heavy (non-hydrogen) atoms. The van der Waals surface area contributed by atoms with E-state index in [1.807, 2.05) is 0 Å². The van der Waals surface area contributed by atoms with Crippen molar-refractivity contribution >= 4 is 5.84 Å². The predicted octanol–water partition coefficient (Wildman–Crippen LogP) is 3.06. The van der Waals surface area contributed by atoms with Gasteiger partial charge in [0.2, 0.25) is 0 Å². The quantitative estimate of drug-likeness (QED) is 0.364. The van der Waals surface area contributed by atoms with Crippen LogP contribution in [0.4, 0.5) is 13.2 Å². The van der Waals surface area contributed by atoms with Gasteiger partial charge < -0.3 is 15.8 Å². The van der Waals surface area contributed by atoms with Gasteiger partial charge in [-0.2, -0.15) is 13.2 Å². The first-order valence-electron chi connectivity index (χ1n) is 7.32. The molecule has 1 saturated heterocycles. The van der Waals surface area contributed by atoms with Gasteiger partial charge in [-0.3, -0.25) is 0 Å². The maximum atomic E-state index is 13.0. The van der Waals surface area contributed by atoms with Gasteiger partial charge in [-0.05, 0) is 43.7 Å². The lowest BCUT2D eigenvalue weighted by atomic mass is 9.77. The van der Waals surface area contributed by atoms with Crippen LogP contribution in [0.1, 0.15) is 40.0 Å². The van der Waals surface area contributed by atoms with Crippen LogP contribution in [0.15, 0.2) is 5.16 Å². The molecule has 0 aromatic heterocycles. The Balaban J connectivity index is 2.70. The lowest BCUT2D eigenvalue weighted by Crippen LogP contribution is -2.44. The molecule has 0 aromatic rings. The number of nitrogens with zero attached hydrogens (tertiary/aromatic N) is 2. The summed E-state index contributed by atoms with van der Waals surface area (Å²) < 4.78 is 38.9. The van der Waals surface area contributed by atoms with Crippen molar-refractivity contribution < 1.29 is 18.4 Å². The highest BCUT2D eigenvalue weighted by atomic mass is 19.4. The first-order valence-corrected chi connectivity index (χ1v) is 7.32. The van der Waals surface area contributed by atoms with Gasteiger partial charge in [0, 0.05) is 6.54 Å². The first-order chi connectivity index (χ1) is 9.55. The molecular formula is C14H26F3N3O. The summed E-state index contributed by atoms with van der Waals surface area (Å²) in [6.45, 7) is 7.51. The number of likely N-dealkylation sites (tertiary alicyclic amines) is 1. The number of amidine groups is 1. The van der Waals surface area contributed by atoms with Crippen LogP contribution in [0.2, 0.25) is 0 Å². The van der Waals surface area contributed by atoms with Crippen molar-refractivity contribution in [2.45, 2.75) is 46.2 Å². The Kier molecular flexibility index (Phi) is 5.90. The molecule has 1 aliphatic rings. The van der Waals surface area contributed by atoms with Crippen LogP contribution in [-0.2, 0) is 0 Å². The predicted molar refractivity (Wildman–Crippen MR) is 76.2 cm³/mol. The summed E-state index contributed by atoms with van der Waals surface area (Å²) in [7, 11) is 0. The smallest absolute Gasteiger partial charge is 0.400 e. The molecule has 0 aliphatic carbocycles. The topological polar surface area (TPSA) is 61.8 Å². The van der Waals surface area contributed by atoms with Gasteiger partial charge in [-0.1, -0.05) is 25.9 Å². The summed E-state index contributed by atoms with van der Waals surface area (Å²) >= 11 is 0. The minimum atomic E-state index is -4.49. The Hall–Kier alpha value is -0.980. The van der Waals surface area contributed by atoms with E-state index in [1.54, 1.807) is 4.90 Å². The van der Waals surface area contributed by atoms with E-state index in [2.05, 4.69) is 25.9 Å². The average molecular weight is 309 g/mol. The Morgan fingerprint density at radius 3 is 2.38 bits per heavy atom. The molecule has 1 aliphatic heterocycles. The Bertz CT molecular complexity index is 363. The van der Waals surface area contributed by atoms with Crippen molar-refractivity contribution in [2.24, 2.45) is 28.1 Å². The van der Waals surface area contributed by atoms with E-state index >= 15 is 0 Å². The van der Waals surface area contributed by atoms with Crippen molar-refractivity contribution in [1.82, 2.24) is 4.90 Å². The van der Waals surface area contributed by atoms with Gasteiger partial charge in [0.1, 0.15) is 5.92 Å². The van der Waals surface area contributed by atoms with E-state index in [4.69, 9.17) is 10.9 Å². The molecule has 0 bridgehead atoms. The molecule has 0 amide bonds. The Labute approximate surface area is 124 Å². The zero-order valence-corrected chi connectivity index (χ0v) is 13.0. The van der Waals surface area contributed by atoms with Gasteiger partial charge in [0.05, 0.1) is 0 Å². The average Bonchev–Trinajstić information content (AvgIpc) is 2.58. The van der Waals surface area contributed by atoms with E-state index in [1.165, 1.54) is 0 Å². The minimum absolute atomic E-state index is 0.172. The fourth-order valence-electron chi connectivity index (χ4n) is 2.90. The molecule has 3 N–H and O–H groups in total. The standard InChI is InChI=1S/C14H26F3N3O/c1-13(2,3)10-5-4-7-20(8-6-10)9-11(12(18)19-21)14(15,16)17/h10-11,21H,4-9H2,1-3H3,(H2,18,19). The molecule has 124 valence electrons. The second-order valence-corrected chi connectivity index (χ2v) is 6.91. The molecule has 0 radical (unpaired) electrons. The van der Waals surface area contributed by atoms with E-state index in [-0.39, 0.29) is 12.0 Å². The highest BCUT2D eigenvalue weighted by molar-refractivity contribution is 5.83. The van der Waals surface area contributed by atoms with Gasteiger partial charge in [0.25, 0.3) is 0 Å². The second kappa shape index (κ2) is 6.85. The Morgan fingerprint density at radius 2 is 1.90 bits per heavy atom. The highest BCUT2D eigenvalue weighted by Crippen LogP contribution is 2.35. The van der Waals surface area contributed by atoms with Gasteiger partial charge in [-0.25, -0.2) is 0 Å².